The standard InChI is InChI=1S/C17H23N3O3S/c1-18-15(21)10-4-6-11(7-5-10)20-17(23)14-9-12-13(24-14)3-2-8-19-16(12)22/h9-11H,2-8H2,1H3,(H,18,21)(H,19,22)(H,20,23). The van der Waals surface area contributed by atoms with Crippen molar-refractivity contribution >= 4 is 29.1 Å². The van der Waals surface area contributed by atoms with Gasteiger partial charge in [-0.05, 0) is 44.6 Å². The van der Waals surface area contributed by atoms with E-state index in [-0.39, 0.29) is 29.7 Å². The van der Waals surface area contributed by atoms with Crippen molar-refractivity contribution in [2.24, 2.45) is 5.92 Å². The van der Waals surface area contributed by atoms with Gasteiger partial charge in [-0.25, -0.2) is 0 Å². The van der Waals surface area contributed by atoms with Gasteiger partial charge in [0.1, 0.15) is 0 Å². The Bertz CT molecular complexity index is 648. The van der Waals surface area contributed by atoms with Crippen LogP contribution in [0.4, 0.5) is 0 Å². The van der Waals surface area contributed by atoms with Gasteiger partial charge in [0.2, 0.25) is 5.91 Å². The van der Waals surface area contributed by atoms with Gasteiger partial charge in [-0.15, -0.1) is 11.3 Å². The molecule has 1 aromatic rings. The van der Waals surface area contributed by atoms with Crippen LogP contribution in [0.15, 0.2) is 6.07 Å². The second-order valence-electron chi connectivity index (χ2n) is 6.44. The van der Waals surface area contributed by atoms with E-state index >= 15 is 0 Å². The summed E-state index contributed by atoms with van der Waals surface area (Å²) in [5.41, 5.74) is 0.644. The molecule has 0 radical (unpaired) electrons. The number of thiophene rings is 1. The van der Waals surface area contributed by atoms with Crippen LogP contribution in [-0.4, -0.2) is 37.4 Å². The molecule has 3 amide bonds. The fourth-order valence-corrected chi connectivity index (χ4v) is 4.53. The number of carbonyl (C=O) groups is 3. The molecule has 0 aromatic carbocycles. The van der Waals surface area contributed by atoms with E-state index in [1.807, 2.05) is 0 Å². The minimum Gasteiger partial charge on any atom is -0.359 e. The van der Waals surface area contributed by atoms with E-state index in [1.165, 1.54) is 11.3 Å². The number of rotatable bonds is 3. The monoisotopic (exact) mass is 349 g/mol. The molecule has 2 heterocycles. The maximum atomic E-state index is 12.5. The molecule has 3 N–H and O–H groups in total. The second kappa shape index (κ2) is 7.34. The molecule has 0 unspecified atom stereocenters. The van der Waals surface area contributed by atoms with Crippen LogP contribution in [-0.2, 0) is 11.2 Å². The summed E-state index contributed by atoms with van der Waals surface area (Å²) in [7, 11) is 1.66. The van der Waals surface area contributed by atoms with E-state index in [2.05, 4.69) is 16.0 Å². The lowest BCUT2D eigenvalue weighted by molar-refractivity contribution is -0.125. The zero-order chi connectivity index (χ0) is 17.1. The normalized spacial score (nSPS) is 23.6. The molecule has 1 saturated carbocycles. The Morgan fingerprint density at radius 2 is 2.00 bits per heavy atom. The van der Waals surface area contributed by atoms with Gasteiger partial charge in [0, 0.05) is 30.4 Å². The van der Waals surface area contributed by atoms with Gasteiger partial charge in [0.15, 0.2) is 0 Å². The van der Waals surface area contributed by atoms with Gasteiger partial charge in [-0.2, -0.15) is 0 Å². The minimum absolute atomic E-state index is 0.0599. The SMILES string of the molecule is CNC(=O)C1CCC(NC(=O)c2cc3c(s2)CCCNC3=O)CC1. The summed E-state index contributed by atoms with van der Waals surface area (Å²) in [6.45, 7) is 0.691. The molecule has 0 spiro atoms. The van der Waals surface area contributed by atoms with Crippen molar-refractivity contribution in [3.63, 3.8) is 0 Å². The van der Waals surface area contributed by atoms with E-state index in [0.29, 0.717) is 17.0 Å². The van der Waals surface area contributed by atoms with Crippen molar-refractivity contribution in [3.05, 3.63) is 21.4 Å². The van der Waals surface area contributed by atoms with Gasteiger partial charge < -0.3 is 16.0 Å². The van der Waals surface area contributed by atoms with Gasteiger partial charge in [0.05, 0.1) is 10.4 Å². The summed E-state index contributed by atoms with van der Waals surface area (Å²) in [6, 6.07) is 1.82. The van der Waals surface area contributed by atoms with Crippen molar-refractivity contribution in [2.45, 2.75) is 44.6 Å². The fourth-order valence-electron chi connectivity index (χ4n) is 3.43. The van der Waals surface area contributed by atoms with E-state index < -0.39 is 0 Å². The van der Waals surface area contributed by atoms with Crippen LogP contribution < -0.4 is 16.0 Å². The third-order valence-electron chi connectivity index (χ3n) is 4.82. The first kappa shape index (κ1) is 17.0. The van der Waals surface area contributed by atoms with Gasteiger partial charge >= 0.3 is 0 Å². The number of nitrogens with one attached hydrogen (secondary N) is 3. The maximum Gasteiger partial charge on any atom is 0.261 e. The lowest BCUT2D eigenvalue weighted by Gasteiger charge is -2.27. The fraction of sp³-hybridized carbons (Fsp3) is 0.588. The molecule has 0 saturated heterocycles. The molecular weight excluding hydrogens is 326 g/mol. The van der Waals surface area contributed by atoms with Crippen LogP contribution in [0.2, 0.25) is 0 Å². The predicted octanol–water partition coefficient (Wildman–Crippen LogP) is 1.46. The molecular formula is C17H23N3O3S. The lowest BCUT2D eigenvalue weighted by atomic mass is 9.85. The average molecular weight is 349 g/mol. The highest BCUT2D eigenvalue weighted by molar-refractivity contribution is 7.14. The summed E-state index contributed by atoms with van der Waals surface area (Å²) < 4.78 is 0. The molecule has 1 aliphatic heterocycles. The maximum absolute atomic E-state index is 12.5. The molecule has 2 aliphatic rings. The lowest BCUT2D eigenvalue weighted by Crippen LogP contribution is -2.40. The van der Waals surface area contributed by atoms with Crippen molar-refractivity contribution in [1.29, 1.82) is 0 Å². The van der Waals surface area contributed by atoms with Crippen LogP contribution in [0.3, 0.4) is 0 Å². The Kier molecular flexibility index (Phi) is 5.18. The first-order chi connectivity index (χ1) is 11.6. The van der Waals surface area contributed by atoms with Crippen LogP contribution in [0.5, 0.6) is 0 Å². The summed E-state index contributed by atoms with van der Waals surface area (Å²) in [6.07, 6.45) is 4.97. The van der Waals surface area contributed by atoms with Gasteiger partial charge in [0.25, 0.3) is 11.8 Å². The zero-order valence-corrected chi connectivity index (χ0v) is 14.6. The summed E-state index contributed by atoms with van der Waals surface area (Å²) in [5, 5.41) is 8.60. The van der Waals surface area contributed by atoms with E-state index in [1.54, 1.807) is 13.1 Å². The number of amides is 3. The second-order valence-corrected chi connectivity index (χ2v) is 7.58. The molecule has 0 bridgehead atoms. The van der Waals surface area contributed by atoms with Crippen molar-refractivity contribution < 1.29 is 14.4 Å². The molecule has 130 valence electrons. The molecule has 1 aromatic heterocycles. The average Bonchev–Trinajstić information content (AvgIpc) is 2.95. The molecule has 0 atom stereocenters. The van der Waals surface area contributed by atoms with Crippen LogP contribution >= 0.6 is 11.3 Å². The first-order valence-corrected chi connectivity index (χ1v) is 9.33. The Hall–Kier alpha value is -1.89. The van der Waals surface area contributed by atoms with E-state index in [4.69, 9.17) is 0 Å². The summed E-state index contributed by atoms with van der Waals surface area (Å²) in [4.78, 5) is 37.7. The largest absolute Gasteiger partial charge is 0.359 e. The first-order valence-electron chi connectivity index (χ1n) is 8.52. The quantitative estimate of drug-likeness (QED) is 0.772. The Balaban J connectivity index is 1.59. The molecule has 3 rings (SSSR count). The Morgan fingerprint density at radius 3 is 2.71 bits per heavy atom. The highest BCUT2D eigenvalue weighted by Gasteiger charge is 2.28. The number of hydrogen-bond acceptors (Lipinski definition) is 4. The zero-order valence-electron chi connectivity index (χ0n) is 13.8. The molecule has 24 heavy (non-hydrogen) atoms. The topological polar surface area (TPSA) is 87.3 Å². The molecule has 7 heteroatoms. The Morgan fingerprint density at radius 1 is 1.25 bits per heavy atom. The molecule has 1 aliphatic carbocycles. The van der Waals surface area contributed by atoms with Gasteiger partial charge in [-0.1, -0.05) is 0 Å². The van der Waals surface area contributed by atoms with Crippen molar-refractivity contribution in [3.8, 4) is 0 Å². The third-order valence-corrected chi connectivity index (χ3v) is 6.02. The van der Waals surface area contributed by atoms with Crippen LogP contribution in [0.25, 0.3) is 0 Å². The molecule has 6 nitrogen and oxygen atoms in total. The van der Waals surface area contributed by atoms with Crippen molar-refractivity contribution in [1.82, 2.24) is 16.0 Å². The van der Waals surface area contributed by atoms with E-state index in [0.717, 1.165) is 43.4 Å². The van der Waals surface area contributed by atoms with Gasteiger partial charge in [-0.3, -0.25) is 14.4 Å². The third kappa shape index (κ3) is 3.61. The number of fused-ring (bicyclic) bond motifs is 1. The highest BCUT2D eigenvalue weighted by atomic mass is 32.1. The number of carbonyl (C=O) groups excluding carboxylic acids is 3. The van der Waals surface area contributed by atoms with E-state index in [9.17, 15) is 14.4 Å². The minimum atomic E-state index is -0.107. The number of hydrogen-bond donors (Lipinski definition) is 3. The Labute approximate surface area is 145 Å². The summed E-state index contributed by atoms with van der Waals surface area (Å²) >= 11 is 1.42. The smallest absolute Gasteiger partial charge is 0.261 e. The number of aryl methyl sites for hydroxylation is 1. The summed E-state index contributed by atoms with van der Waals surface area (Å²) in [5.74, 6) is -0.0365. The van der Waals surface area contributed by atoms with Crippen LogP contribution in [0, 0.1) is 5.92 Å². The van der Waals surface area contributed by atoms with Crippen molar-refractivity contribution in [2.75, 3.05) is 13.6 Å². The highest BCUT2D eigenvalue weighted by Crippen LogP contribution is 2.27. The van der Waals surface area contributed by atoms with Crippen LogP contribution in [0.1, 0.15) is 57.0 Å². The molecule has 1 fully saturated rings. The predicted molar refractivity (Wildman–Crippen MR) is 92.3 cm³/mol.